The molecule has 3 N–H and O–H groups in total. The lowest BCUT2D eigenvalue weighted by Gasteiger charge is -2.37. The minimum atomic E-state index is -0.768. The predicted molar refractivity (Wildman–Crippen MR) is 58.8 cm³/mol. The quantitative estimate of drug-likeness (QED) is 0.666. The zero-order valence-corrected chi connectivity index (χ0v) is 9.52. The molecule has 5 nitrogen and oxygen atoms in total. The molecule has 0 spiro atoms. The summed E-state index contributed by atoms with van der Waals surface area (Å²) in [6.45, 7) is 1.88. The summed E-state index contributed by atoms with van der Waals surface area (Å²) in [6, 6.07) is -0.0317. The van der Waals surface area contributed by atoms with Gasteiger partial charge < -0.3 is 20.5 Å². The van der Waals surface area contributed by atoms with Crippen molar-refractivity contribution >= 4 is 5.91 Å². The molecule has 2 aliphatic heterocycles. The molecule has 2 heterocycles. The van der Waals surface area contributed by atoms with Crippen LogP contribution in [-0.2, 0) is 9.53 Å². The second-order valence-corrected chi connectivity index (χ2v) is 4.75. The molecular formula is C11H20N2O3. The van der Waals surface area contributed by atoms with Gasteiger partial charge in [-0.15, -0.1) is 0 Å². The Balaban J connectivity index is 2.05. The van der Waals surface area contributed by atoms with Crippen LogP contribution in [0.15, 0.2) is 0 Å². The highest BCUT2D eigenvalue weighted by Crippen LogP contribution is 2.25. The van der Waals surface area contributed by atoms with Gasteiger partial charge in [0.2, 0.25) is 5.91 Å². The SMILES string of the molecule is NC1(C(=O)N2CCCC2CO)CCOCC1. The largest absolute Gasteiger partial charge is 0.394 e. The van der Waals surface area contributed by atoms with Crippen molar-refractivity contribution in [1.29, 1.82) is 0 Å². The number of carbonyl (C=O) groups is 1. The summed E-state index contributed by atoms with van der Waals surface area (Å²) in [6.07, 6.45) is 3.01. The van der Waals surface area contributed by atoms with Crippen molar-refractivity contribution in [3.63, 3.8) is 0 Å². The molecule has 1 atom stereocenters. The third-order valence-corrected chi connectivity index (χ3v) is 3.66. The van der Waals surface area contributed by atoms with E-state index in [1.807, 2.05) is 0 Å². The molecule has 5 heteroatoms. The number of nitrogens with zero attached hydrogens (tertiary/aromatic N) is 1. The molecule has 2 aliphatic rings. The highest BCUT2D eigenvalue weighted by molar-refractivity contribution is 5.86. The van der Waals surface area contributed by atoms with E-state index in [9.17, 15) is 9.90 Å². The van der Waals surface area contributed by atoms with Gasteiger partial charge in [0.05, 0.1) is 18.2 Å². The minimum absolute atomic E-state index is 0.00708. The van der Waals surface area contributed by atoms with E-state index < -0.39 is 5.54 Å². The van der Waals surface area contributed by atoms with Crippen LogP contribution in [0.3, 0.4) is 0 Å². The zero-order chi connectivity index (χ0) is 11.6. The van der Waals surface area contributed by atoms with E-state index in [1.54, 1.807) is 4.90 Å². The van der Waals surface area contributed by atoms with Crippen LogP contribution < -0.4 is 5.73 Å². The normalized spacial score (nSPS) is 29.4. The Morgan fingerprint density at radius 1 is 1.50 bits per heavy atom. The fourth-order valence-electron chi connectivity index (χ4n) is 2.53. The van der Waals surface area contributed by atoms with Crippen molar-refractivity contribution < 1.29 is 14.6 Å². The summed E-state index contributed by atoms with van der Waals surface area (Å²) in [4.78, 5) is 14.1. The maximum absolute atomic E-state index is 12.3. The fraction of sp³-hybridized carbons (Fsp3) is 0.909. The number of ether oxygens (including phenoxy) is 1. The molecule has 16 heavy (non-hydrogen) atoms. The second kappa shape index (κ2) is 4.69. The van der Waals surface area contributed by atoms with E-state index in [4.69, 9.17) is 10.5 Å². The summed E-state index contributed by atoms with van der Waals surface area (Å²) in [5.74, 6) is -0.00708. The molecule has 0 aromatic heterocycles. The summed E-state index contributed by atoms with van der Waals surface area (Å²) in [5, 5.41) is 9.21. The molecule has 0 radical (unpaired) electrons. The van der Waals surface area contributed by atoms with E-state index in [0.29, 0.717) is 26.1 Å². The van der Waals surface area contributed by atoms with Gasteiger partial charge in [-0.05, 0) is 25.7 Å². The number of aliphatic hydroxyl groups excluding tert-OH is 1. The van der Waals surface area contributed by atoms with Crippen LogP contribution >= 0.6 is 0 Å². The highest BCUT2D eigenvalue weighted by Gasteiger charge is 2.42. The standard InChI is InChI=1S/C11H20N2O3/c12-11(3-6-16-7-4-11)10(15)13-5-1-2-9(13)8-14/h9,14H,1-8,12H2. The Morgan fingerprint density at radius 3 is 2.81 bits per heavy atom. The Kier molecular flexibility index (Phi) is 3.47. The molecule has 0 saturated carbocycles. The van der Waals surface area contributed by atoms with Crippen molar-refractivity contribution in [2.75, 3.05) is 26.4 Å². The third-order valence-electron chi connectivity index (χ3n) is 3.66. The number of amides is 1. The number of hydrogen-bond acceptors (Lipinski definition) is 4. The number of aliphatic hydroxyl groups is 1. The van der Waals surface area contributed by atoms with Crippen LogP contribution in [0, 0.1) is 0 Å². The van der Waals surface area contributed by atoms with Crippen molar-refractivity contribution in [2.45, 2.75) is 37.3 Å². The first-order valence-electron chi connectivity index (χ1n) is 5.96. The molecule has 0 aromatic rings. The van der Waals surface area contributed by atoms with Crippen LogP contribution in [0.1, 0.15) is 25.7 Å². The first kappa shape index (κ1) is 11.8. The summed E-state index contributed by atoms with van der Waals surface area (Å²) >= 11 is 0. The van der Waals surface area contributed by atoms with Gasteiger partial charge >= 0.3 is 0 Å². The van der Waals surface area contributed by atoms with Gasteiger partial charge in [-0.3, -0.25) is 4.79 Å². The molecule has 1 unspecified atom stereocenters. The van der Waals surface area contributed by atoms with E-state index >= 15 is 0 Å². The number of carbonyl (C=O) groups excluding carboxylic acids is 1. The lowest BCUT2D eigenvalue weighted by atomic mass is 9.89. The average Bonchev–Trinajstić information content (AvgIpc) is 2.77. The molecule has 0 bridgehead atoms. The van der Waals surface area contributed by atoms with Crippen molar-refractivity contribution in [2.24, 2.45) is 5.73 Å². The smallest absolute Gasteiger partial charge is 0.243 e. The maximum Gasteiger partial charge on any atom is 0.243 e. The molecule has 2 saturated heterocycles. The Hall–Kier alpha value is -0.650. The van der Waals surface area contributed by atoms with Gasteiger partial charge in [-0.25, -0.2) is 0 Å². The monoisotopic (exact) mass is 228 g/mol. The summed E-state index contributed by atoms with van der Waals surface area (Å²) in [5.41, 5.74) is 5.38. The van der Waals surface area contributed by atoms with Gasteiger partial charge in [0.1, 0.15) is 0 Å². The predicted octanol–water partition coefficient (Wildman–Crippen LogP) is -0.522. The minimum Gasteiger partial charge on any atom is -0.394 e. The van der Waals surface area contributed by atoms with E-state index in [0.717, 1.165) is 19.4 Å². The number of nitrogens with two attached hydrogens (primary N) is 1. The lowest BCUT2D eigenvalue weighted by molar-refractivity contribution is -0.142. The molecule has 92 valence electrons. The Labute approximate surface area is 95.5 Å². The Morgan fingerprint density at radius 2 is 2.19 bits per heavy atom. The maximum atomic E-state index is 12.3. The average molecular weight is 228 g/mol. The number of likely N-dealkylation sites (tertiary alicyclic amines) is 1. The van der Waals surface area contributed by atoms with E-state index in [-0.39, 0.29) is 18.6 Å². The van der Waals surface area contributed by atoms with Crippen LogP contribution in [0.2, 0.25) is 0 Å². The van der Waals surface area contributed by atoms with Crippen LogP contribution in [-0.4, -0.2) is 53.9 Å². The fourth-order valence-corrected chi connectivity index (χ4v) is 2.53. The molecule has 2 fully saturated rings. The first-order chi connectivity index (χ1) is 7.67. The van der Waals surface area contributed by atoms with Crippen molar-refractivity contribution in [3.8, 4) is 0 Å². The molecule has 0 aromatic carbocycles. The molecule has 0 aliphatic carbocycles. The second-order valence-electron chi connectivity index (χ2n) is 4.75. The van der Waals surface area contributed by atoms with Crippen LogP contribution in [0.4, 0.5) is 0 Å². The lowest BCUT2D eigenvalue weighted by Crippen LogP contribution is -2.59. The van der Waals surface area contributed by atoms with Gasteiger partial charge in [-0.2, -0.15) is 0 Å². The number of hydrogen-bond donors (Lipinski definition) is 2. The van der Waals surface area contributed by atoms with Gasteiger partial charge in [0.25, 0.3) is 0 Å². The van der Waals surface area contributed by atoms with Gasteiger partial charge in [-0.1, -0.05) is 0 Å². The zero-order valence-electron chi connectivity index (χ0n) is 9.52. The van der Waals surface area contributed by atoms with Crippen LogP contribution in [0.25, 0.3) is 0 Å². The van der Waals surface area contributed by atoms with Gasteiger partial charge in [0.15, 0.2) is 0 Å². The number of rotatable bonds is 2. The topological polar surface area (TPSA) is 75.8 Å². The van der Waals surface area contributed by atoms with Gasteiger partial charge in [0, 0.05) is 19.8 Å². The third kappa shape index (κ3) is 2.07. The first-order valence-corrected chi connectivity index (χ1v) is 5.96. The molecular weight excluding hydrogens is 208 g/mol. The summed E-state index contributed by atoms with van der Waals surface area (Å²) in [7, 11) is 0. The highest BCUT2D eigenvalue weighted by atomic mass is 16.5. The van der Waals surface area contributed by atoms with Crippen molar-refractivity contribution in [3.05, 3.63) is 0 Å². The Bertz CT molecular complexity index is 264. The molecule has 2 rings (SSSR count). The van der Waals surface area contributed by atoms with Crippen molar-refractivity contribution in [1.82, 2.24) is 4.90 Å². The van der Waals surface area contributed by atoms with Crippen LogP contribution in [0.5, 0.6) is 0 Å². The van der Waals surface area contributed by atoms with E-state index in [2.05, 4.69) is 0 Å². The summed E-state index contributed by atoms with van der Waals surface area (Å²) < 4.78 is 5.23. The molecule has 1 amide bonds. The van der Waals surface area contributed by atoms with E-state index in [1.165, 1.54) is 0 Å².